The van der Waals surface area contributed by atoms with Crippen molar-refractivity contribution in [3.05, 3.63) is 29.3 Å². The Morgan fingerprint density at radius 3 is 2.42 bits per heavy atom. The zero-order chi connectivity index (χ0) is 18.5. The Morgan fingerprint density at radius 1 is 1.29 bits per heavy atom. The molecule has 0 spiro atoms. The van der Waals surface area contributed by atoms with E-state index in [0.29, 0.717) is 5.56 Å². The monoisotopic (exact) mass is 340 g/mol. The van der Waals surface area contributed by atoms with Crippen molar-refractivity contribution in [2.75, 3.05) is 12.3 Å². The Morgan fingerprint density at radius 2 is 1.92 bits per heavy atom. The first-order valence-corrected chi connectivity index (χ1v) is 7.47. The average molecular weight is 340 g/mol. The van der Waals surface area contributed by atoms with Crippen molar-refractivity contribution in [1.29, 1.82) is 0 Å². The number of carbonyl (C=O) groups excluding carboxylic acids is 1. The zero-order valence-corrected chi connectivity index (χ0v) is 13.9. The summed E-state index contributed by atoms with van der Waals surface area (Å²) in [6.07, 6.45) is -2.94. The van der Waals surface area contributed by atoms with E-state index in [4.69, 9.17) is 15.6 Å². The molecule has 0 saturated heterocycles. The van der Waals surface area contributed by atoms with Gasteiger partial charge >= 0.3 is 12.1 Å². The fourth-order valence-electron chi connectivity index (χ4n) is 1.98. The number of aliphatic hydroxyl groups is 2. The summed E-state index contributed by atoms with van der Waals surface area (Å²) in [5.41, 5.74) is 5.21. The second-order valence-corrected chi connectivity index (χ2v) is 6.38. The lowest BCUT2D eigenvalue weighted by Gasteiger charge is -2.21. The van der Waals surface area contributed by atoms with Crippen LogP contribution in [0.25, 0.3) is 0 Å². The molecular weight excluding hydrogens is 316 g/mol. The van der Waals surface area contributed by atoms with Crippen LogP contribution in [-0.2, 0) is 4.74 Å². The number of nitrogen functional groups attached to an aromatic ring is 1. The summed E-state index contributed by atoms with van der Waals surface area (Å²) in [6.45, 7) is 5.30. The number of alkyl carbamates (subject to hydrolysis) is 1. The first-order valence-electron chi connectivity index (χ1n) is 7.47. The fourth-order valence-corrected chi connectivity index (χ4v) is 1.98. The molecule has 2 atom stereocenters. The van der Waals surface area contributed by atoms with E-state index < -0.39 is 29.9 Å². The van der Waals surface area contributed by atoms with E-state index in [2.05, 4.69) is 5.32 Å². The van der Waals surface area contributed by atoms with E-state index in [0.717, 1.165) is 0 Å². The summed E-state index contributed by atoms with van der Waals surface area (Å²) in [5, 5.41) is 31.5. The van der Waals surface area contributed by atoms with Gasteiger partial charge in [0.05, 0.1) is 11.7 Å². The molecule has 24 heavy (non-hydrogen) atoms. The number of hydrogen-bond donors (Lipinski definition) is 5. The van der Waals surface area contributed by atoms with Crippen LogP contribution in [-0.4, -0.2) is 45.6 Å². The normalized spacial score (nSPS) is 13.9. The molecule has 8 nitrogen and oxygen atoms in total. The molecule has 0 aromatic heterocycles. The Labute approximate surface area is 140 Å². The van der Waals surface area contributed by atoms with Crippen LogP contribution in [0.3, 0.4) is 0 Å². The van der Waals surface area contributed by atoms with E-state index in [9.17, 15) is 19.8 Å². The topological polar surface area (TPSA) is 142 Å². The van der Waals surface area contributed by atoms with Crippen LogP contribution >= 0.6 is 0 Å². The quantitative estimate of drug-likeness (QED) is 0.491. The Bertz CT molecular complexity index is 597. The standard InChI is InChI=1S/C16H24N2O6/c1-16(2,3)24-15(23)18-7-6-12(19)13(20)9-4-5-10(14(21)22)11(17)8-9/h4-5,8,12-13,19-20H,6-7,17H2,1-3H3,(H,18,23)(H,21,22). The lowest BCUT2D eigenvalue weighted by molar-refractivity contribution is 0.0123. The van der Waals surface area contributed by atoms with Crippen molar-refractivity contribution >= 4 is 17.7 Å². The molecule has 1 aromatic carbocycles. The van der Waals surface area contributed by atoms with E-state index in [1.165, 1.54) is 18.2 Å². The summed E-state index contributed by atoms with van der Waals surface area (Å²) in [4.78, 5) is 22.4. The van der Waals surface area contributed by atoms with Crippen molar-refractivity contribution in [3.63, 3.8) is 0 Å². The highest BCUT2D eigenvalue weighted by Crippen LogP contribution is 2.23. The lowest BCUT2D eigenvalue weighted by Crippen LogP contribution is -2.34. The number of benzene rings is 1. The summed E-state index contributed by atoms with van der Waals surface area (Å²) >= 11 is 0. The van der Waals surface area contributed by atoms with Gasteiger partial charge in [0.1, 0.15) is 11.7 Å². The molecule has 1 amide bonds. The number of nitrogens with two attached hydrogens (primary N) is 1. The largest absolute Gasteiger partial charge is 0.478 e. The average Bonchev–Trinajstić information content (AvgIpc) is 2.43. The minimum absolute atomic E-state index is 0.00173. The number of aliphatic hydroxyl groups excluding tert-OH is 2. The summed E-state index contributed by atoms with van der Waals surface area (Å²) < 4.78 is 5.05. The van der Waals surface area contributed by atoms with Crippen LogP contribution in [0.4, 0.5) is 10.5 Å². The Kier molecular flexibility index (Phi) is 6.56. The van der Waals surface area contributed by atoms with Crippen LogP contribution in [0.1, 0.15) is 49.2 Å². The van der Waals surface area contributed by atoms with Gasteiger partial charge in [-0.1, -0.05) is 6.07 Å². The second-order valence-electron chi connectivity index (χ2n) is 6.38. The lowest BCUT2D eigenvalue weighted by atomic mass is 9.99. The number of amides is 1. The van der Waals surface area contributed by atoms with Gasteiger partial charge in [-0.05, 0) is 44.9 Å². The highest BCUT2D eigenvalue weighted by atomic mass is 16.6. The second kappa shape index (κ2) is 7.98. The molecule has 0 fully saturated rings. The molecule has 0 aliphatic rings. The molecule has 1 aromatic rings. The van der Waals surface area contributed by atoms with Crippen LogP contribution in [0.5, 0.6) is 0 Å². The molecule has 134 valence electrons. The van der Waals surface area contributed by atoms with Crippen LogP contribution in [0.2, 0.25) is 0 Å². The molecule has 0 heterocycles. The molecule has 2 unspecified atom stereocenters. The van der Waals surface area contributed by atoms with Crippen LogP contribution in [0, 0.1) is 0 Å². The highest BCUT2D eigenvalue weighted by molar-refractivity contribution is 5.93. The number of carboxylic acid groups (broad SMARTS) is 1. The number of rotatable bonds is 6. The third-order valence-corrected chi connectivity index (χ3v) is 3.12. The highest BCUT2D eigenvalue weighted by Gasteiger charge is 2.21. The third kappa shape index (κ3) is 6.05. The Balaban J connectivity index is 2.56. The number of carbonyl (C=O) groups is 2. The van der Waals surface area contributed by atoms with Gasteiger partial charge in [0.25, 0.3) is 0 Å². The summed E-state index contributed by atoms with van der Waals surface area (Å²) in [7, 11) is 0. The molecule has 0 aliphatic carbocycles. The van der Waals surface area contributed by atoms with Crippen LogP contribution in [0.15, 0.2) is 18.2 Å². The summed E-state index contributed by atoms with van der Waals surface area (Å²) in [6, 6.07) is 3.95. The maximum Gasteiger partial charge on any atom is 0.407 e. The van der Waals surface area contributed by atoms with E-state index in [1.807, 2.05) is 0 Å². The smallest absolute Gasteiger partial charge is 0.407 e. The SMILES string of the molecule is CC(C)(C)OC(=O)NCCC(O)C(O)c1ccc(C(=O)O)c(N)c1. The first-order chi connectivity index (χ1) is 11.0. The molecule has 0 saturated carbocycles. The van der Waals surface area contributed by atoms with Crippen molar-refractivity contribution in [2.45, 2.75) is 45.0 Å². The van der Waals surface area contributed by atoms with Crippen molar-refractivity contribution in [2.24, 2.45) is 0 Å². The van der Waals surface area contributed by atoms with Crippen molar-refractivity contribution in [1.82, 2.24) is 5.32 Å². The minimum Gasteiger partial charge on any atom is -0.478 e. The van der Waals surface area contributed by atoms with Gasteiger partial charge in [0.2, 0.25) is 0 Å². The molecule has 1 rings (SSSR count). The fraction of sp³-hybridized carbons (Fsp3) is 0.500. The van der Waals surface area contributed by atoms with Gasteiger partial charge in [-0.25, -0.2) is 9.59 Å². The number of carboxylic acids is 1. The van der Waals surface area contributed by atoms with Gasteiger partial charge in [0.15, 0.2) is 0 Å². The number of aromatic carboxylic acids is 1. The number of anilines is 1. The maximum atomic E-state index is 11.5. The minimum atomic E-state index is -1.25. The van der Waals surface area contributed by atoms with E-state index in [1.54, 1.807) is 20.8 Å². The maximum absolute atomic E-state index is 11.5. The van der Waals surface area contributed by atoms with Crippen LogP contribution < -0.4 is 11.1 Å². The molecule has 8 heteroatoms. The van der Waals surface area contributed by atoms with Gasteiger partial charge < -0.3 is 31.1 Å². The van der Waals surface area contributed by atoms with E-state index in [-0.39, 0.29) is 24.2 Å². The first kappa shape index (κ1) is 19.7. The van der Waals surface area contributed by atoms with Gasteiger partial charge in [0, 0.05) is 12.2 Å². The van der Waals surface area contributed by atoms with Gasteiger partial charge in [-0.3, -0.25) is 0 Å². The molecule has 6 N–H and O–H groups in total. The van der Waals surface area contributed by atoms with Gasteiger partial charge in [-0.2, -0.15) is 0 Å². The number of hydrogen-bond acceptors (Lipinski definition) is 6. The van der Waals surface area contributed by atoms with Crippen molar-refractivity contribution < 1.29 is 29.6 Å². The Hall–Kier alpha value is -2.32. The van der Waals surface area contributed by atoms with Gasteiger partial charge in [-0.15, -0.1) is 0 Å². The number of nitrogens with one attached hydrogen (secondary N) is 1. The van der Waals surface area contributed by atoms with E-state index >= 15 is 0 Å². The molecular formula is C16H24N2O6. The summed E-state index contributed by atoms with van der Waals surface area (Å²) in [5.74, 6) is -1.17. The predicted octanol–water partition coefficient (Wildman–Crippen LogP) is 1.28. The zero-order valence-electron chi connectivity index (χ0n) is 13.9. The predicted molar refractivity (Wildman–Crippen MR) is 87.6 cm³/mol. The molecule has 0 bridgehead atoms. The van der Waals surface area contributed by atoms with Crippen molar-refractivity contribution in [3.8, 4) is 0 Å². The molecule has 0 aliphatic heterocycles. The molecule has 0 radical (unpaired) electrons. The third-order valence-electron chi connectivity index (χ3n) is 3.12. The number of ether oxygens (including phenoxy) is 1.